The van der Waals surface area contributed by atoms with E-state index in [0.29, 0.717) is 29.6 Å². The highest BCUT2D eigenvalue weighted by atomic mass is 32.2. The molecule has 1 aromatic heterocycles. The zero-order valence-corrected chi connectivity index (χ0v) is 14.5. The van der Waals surface area contributed by atoms with Crippen molar-refractivity contribution >= 4 is 10.0 Å². The largest absolute Gasteiger partial charge is 0.274 e. The molecule has 1 saturated heterocycles. The van der Waals surface area contributed by atoms with E-state index in [-0.39, 0.29) is 0 Å². The minimum absolute atomic E-state index is 0.335. The Morgan fingerprint density at radius 1 is 1.17 bits per heavy atom. The molecule has 3 rings (SSSR count). The number of piperidine rings is 1. The fraction of sp³-hybridized carbons (Fsp3) is 0.471. The van der Waals surface area contributed by atoms with E-state index in [4.69, 9.17) is 0 Å². The minimum atomic E-state index is -3.42. The summed E-state index contributed by atoms with van der Waals surface area (Å²) in [6.07, 6.45) is 4.45. The third-order valence-corrected chi connectivity index (χ3v) is 6.53. The van der Waals surface area contributed by atoms with E-state index < -0.39 is 10.0 Å². The molecule has 0 amide bonds. The first-order chi connectivity index (χ1) is 11.0. The number of sulfonamides is 1. The summed E-state index contributed by atoms with van der Waals surface area (Å²) in [5.41, 5.74) is 1.90. The highest BCUT2D eigenvalue weighted by Crippen LogP contribution is 2.27. The zero-order chi connectivity index (χ0) is 16.4. The molecule has 1 aromatic carbocycles. The molecule has 0 spiro atoms. The van der Waals surface area contributed by atoms with Crippen LogP contribution >= 0.6 is 0 Å². The van der Waals surface area contributed by atoms with Crippen molar-refractivity contribution < 1.29 is 8.42 Å². The Balaban J connectivity index is 1.65. The number of aromatic nitrogens is 2. The highest BCUT2D eigenvalue weighted by molar-refractivity contribution is 7.89. The topological polar surface area (TPSA) is 55.2 Å². The first-order valence-corrected chi connectivity index (χ1v) is 9.45. The average molecular weight is 333 g/mol. The van der Waals surface area contributed by atoms with Crippen molar-refractivity contribution in [3.8, 4) is 0 Å². The van der Waals surface area contributed by atoms with E-state index in [0.717, 1.165) is 19.3 Å². The maximum atomic E-state index is 12.8. The monoisotopic (exact) mass is 333 g/mol. The maximum absolute atomic E-state index is 12.8. The van der Waals surface area contributed by atoms with Crippen LogP contribution < -0.4 is 0 Å². The predicted molar refractivity (Wildman–Crippen MR) is 89.6 cm³/mol. The second-order valence-corrected chi connectivity index (χ2v) is 8.20. The Kier molecular flexibility index (Phi) is 4.55. The second-order valence-electron chi connectivity index (χ2n) is 6.29. The molecule has 0 radical (unpaired) electrons. The van der Waals surface area contributed by atoms with Gasteiger partial charge in [0.2, 0.25) is 10.0 Å². The van der Waals surface area contributed by atoms with Crippen LogP contribution in [0.25, 0.3) is 0 Å². The van der Waals surface area contributed by atoms with Crippen LogP contribution in [0.1, 0.15) is 24.1 Å². The Morgan fingerprint density at radius 3 is 2.39 bits per heavy atom. The van der Waals surface area contributed by atoms with Gasteiger partial charge in [0.15, 0.2) is 0 Å². The summed E-state index contributed by atoms with van der Waals surface area (Å²) in [6.45, 7) is 2.93. The lowest BCUT2D eigenvalue weighted by molar-refractivity contribution is 0.272. The SMILES string of the molecule is Cc1nn(C)cc1S(=O)(=O)N1CCC(Cc2ccccc2)CC1. The van der Waals surface area contributed by atoms with Crippen LogP contribution in [0.5, 0.6) is 0 Å². The number of rotatable bonds is 4. The van der Waals surface area contributed by atoms with E-state index in [1.807, 2.05) is 6.07 Å². The summed E-state index contributed by atoms with van der Waals surface area (Å²) < 4.78 is 28.7. The maximum Gasteiger partial charge on any atom is 0.246 e. The highest BCUT2D eigenvalue weighted by Gasteiger charge is 2.31. The van der Waals surface area contributed by atoms with Gasteiger partial charge in [0.05, 0.1) is 5.69 Å². The Hall–Kier alpha value is -1.66. The smallest absolute Gasteiger partial charge is 0.246 e. The fourth-order valence-corrected chi connectivity index (χ4v) is 4.94. The Labute approximate surface area is 138 Å². The lowest BCUT2D eigenvalue weighted by Gasteiger charge is -2.31. The zero-order valence-electron chi connectivity index (χ0n) is 13.6. The standard InChI is InChI=1S/C17H23N3O2S/c1-14-17(13-19(2)18-14)23(21,22)20-10-8-16(9-11-20)12-15-6-4-3-5-7-15/h3-7,13,16H,8-12H2,1-2H3. The first-order valence-electron chi connectivity index (χ1n) is 8.01. The van der Waals surface area contributed by atoms with Crippen LogP contribution in [0.2, 0.25) is 0 Å². The van der Waals surface area contributed by atoms with Crippen molar-refractivity contribution in [2.24, 2.45) is 13.0 Å². The molecule has 124 valence electrons. The normalized spacial score (nSPS) is 17.5. The molecule has 1 aliphatic heterocycles. The quantitative estimate of drug-likeness (QED) is 0.863. The third-order valence-electron chi connectivity index (χ3n) is 4.53. The molecule has 0 aliphatic carbocycles. The molecule has 0 atom stereocenters. The van der Waals surface area contributed by atoms with Gasteiger partial charge >= 0.3 is 0 Å². The van der Waals surface area contributed by atoms with Crippen molar-refractivity contribution in [1.29, 1.82) is 0 Å². The van der Waals surface area contributed by atoms with Gasteiger partial charge in [-0.15, -0.1) is 0 Å². The van der Waals surface area contributed by atoms with Gasteiger partial charge in [-0.05, 0) is 37.7 Å². The molecule has 1 fully saturated rings. The minimum Gasteiger partial charge on any atom is -0.274 e. The number of benzene rings is 1. The van der Waals surface area contributed by atoms with Crippen molar-refractivity contribution in [1.82, 2.24) is 14.1 Å². The lowest BCUT2D eigenvalue weighted by Crippen LogP contribution is -2.39. The molecule has 2 aromatic rings. The summed E-state index contributed by atoms with van der Waals surface area (Å²) >= 11 is 0. The number of hydrogen-bond donors (Lipinski definition) is 0. The van der Waals surface area contributed by atoms with Crippen molar-refractivity contribution in [2.75, 3.05) is 13.1 Å². The average Bonchev–Trinajstić information content (AvgIpc) is 2.88. The van der Waals surface area contributed by atoms with Gasteiger partial charge in [0.1, 0.15) is 4.90 Å². The molecule has 23 heavy (non-hydrogen) atoms. The van der Waals surface area contributed by atoms with Crippen molar-refractivity contribution in [3.05, 3.63) is 47.8 Å². The second kappa shape index (κ2) is 6.45. The molecular weight excluding hydrogens is 310 g/mol. The van der Waals surface area contributed by atoms with Crippen molar-refractivity contribution in [3.63, 3.8) is 0 Å². The van der Waals surface area contributed by atoms with E-state index in [1.165, 1.54) is 5.56 Å². The van der Waals surface area contributed by atoms with E-state index in [2.05, 4.69) is 29.4 Å². The summed E-state index contributed by atoms with van der Waals surface area (Å²) in [5, 5.41) is 4.15. The molecule has 6 heteroatoms. The fourth-order valence-electron chi connectivity index (χ4n) is 3.27. The molecule has 0 unspecified atom stereocenters. The van der Waals surface area contributed by atoms with Gasteiger partial charge in [-0.25, -0.2) is 8.42 Å². The molecule has 5 nitrogen and oxygen atoms in total. The third kappa shape index (κ3) is 3.48. The van der Waals surface area contributed by atoms with Crippen LogP contribution in [-0.4, -0.2) is 35.6 Å². The van der Waals surface area contributed by atoms with Gasteiger partial charge < -0.3 is 0 Å². The van der Waals surface area contributed by atoms with Crippen LogP contribution in [0.15, 0.2) is 41.4 Å². The Bertz CT molecular complexity index is 760. The Morgan fingerprint density at radius 2 is 1.83 bits per heavy atom. The van der Waals surface area contributed by atoms with Gasteiger partial charge in [-0.3, -0.25) is 4.68 Å². The van der Waals surface area contributed by atoms with E-state index >= 15 is 0 Å². The van der Waals surface area contributed by atoms with Crippen LogP contribution in [0.3, 0.4) is 0 Å². The van der Waals surface area contributed by atoms with Crippen LogP contribution in [0, 0.1) is 12.8 Å². The summed E-state index contributed by atoms with van der Waals surface area (Å²) in [6, 6.07) is 10.4. The molecule has 2 heterocycles. The summed E-state index contributed by atoms with van der Waals surface area (Å²) in [5.74, 6) is 0.554. The van der Waals surface area contributed by atoms with Crippen LogP contribution in [0.4, 0.5) is 0 Å². The predicted octanol–water partition coefficient (Wildman–Crippen LogP) is 2.37. The number of nitrogens with zero attached hydrogens (tertiary/aromatic N) is 3. The first kappa shape index (κ1) is 16.2. The van der Waals surface area contributed by atoms with Crippen LogP contribution in [-0.2, 0) is 23.5 Å². The molecule has 1 aliphatic rings. The van der Waals surface area contributed by atoms with Gasteiger partial charge in [0, 0.05) is 26.3 Å². The van der Waals surface area contributed by atoms with E-state index in [1.54, 1.807) is 29.2 Å². The van der Waals surface area contributed by atoms with Gasteiger partial charge in [0.25, 0.3) is 0 Å². The molecule has 0 saturated carbocycles. The molecule has 0 bridgehead atoms. The summed E-state index contributed by atoms with van der Waals surface area (Å²) in [7, 11) is -1.67. The van der Waals surface area contributed by atoms with Crippen molar-refractivity contribution in [2.45, 2.75) is 31.1 Å². The number of hydrogen-bond acceptors (Lipinski definition) is 3. The molecule has 0 N–H and O–H groups in total. The summed E-state index contributed by atoms with van der Waals surface area (Å²) in [4.78, 5) is 0.335. The lowest BCUT2D eigenvalue weighted by atomic mass is 9.91. The number of aryl methyl sites for hydroxylation is 2. The molecular formula is C17H23N3O2S. The van der Waals surface area contributed by atoms with E-state index in [9.17, 15) is 8.42 Å². The van der Waals surface area contributed by atoms with Gasteiger partial charge in [-0.2, -0.15) is 9.40 Å². The van der Waals surface area contributed by atoms with Gasteiger partial charge in [-0.1, -0.05) is 30.3 Å².